The second-order valence-corrected chi connectivity index (χ2v) is 10.5. The van der Waals surface area contributed by atoms with Crippen LogP contribution in [0.15, 0.2) is 66.9 Å². The molecule has 3 aromatic carbocycles. The lowest BCUT2D eigenvalue weighted by molar-refractivity contribution is 0.0696. The minimum absolute atomic E-state index is 0.215. The first-order valence-electron chi connectivity index (χ1n) is 13.3. The molecule has 7 heteroatoms. The highest BCUT2D eigenvalue weighted by Gasteiger charge is 2.22. The van der Waals surface area contributed by atoms with E-state index in [9.17, 15) is 14.7 Å². The molecule has 1 aliphatic carbocycles. The second-order valence-electron chi connectivity index (χ2n) is 10.5. The third kappa shape index (κ3) is 5.36. The normalized spacial score (nSPS) is 13.1. The van der Waals surface area contributed by atoms with Crippen molar-refractivity contribution in [2.75, 3.05) is 27.2 Å². The van der Waals surface area contributed by atoms with Gasteiger partial charge in [-0.2, -0.15) is 0 Å². The number of amides is 1. The van der Waals surface area contributed by atoms with Crippen LogP contribution < -0.4 is 5.32 Å². The maximum absolute atomic E-state index is 12.8. The number of carbonyl (C=O) groups is 2. The zero-order valence-corrected chi connectivity index (χ0v) is 22.9. The Labute approximate surface area is 228 Å². The summed E-state index contributed by atoms with van der Waals surface area (Å²) in [4.78, 5) is 30.7. The second kappa shape index (κ2) is 10.9. The Balaban J connectivity index is 0.000000287. The van der Waals surface area contributed by atoms with E-state index < -0.39 is 5.97 Å². The minimum Gasteiger partial charge on any atom is -0.478 e. The zero-order valence-electron chi connectivity index (χ0n) is 22.9. The van der Waals surface area contributed by atoms with Crippen LogP contribution in [-0.2, 0) is 7.05 Å². The largest absolute Gasteiger partial charge is 0.478 e. The van der Waals surface area contributed by atoms with Gasteiger partial charge in [0, 0.05) is 48.0 Å². The molecule has 6 rings (SSSR count). The number of nitrogens with zero attached hydrogens (tertiary/aromatic N) is 3. The van der Waals surface area contributed by atoms with Crippen LogP contribution in [0.2, 0.25) is 0 Å². The van der Waals surface area contributed by atoms with Gasteiger partial charge in [0.1, 0.15) is 5.69 Å². The number of carbonyl (C=O) groups excluding carboxylic acids is 1. The van der Waals surface area contributed by atoms with Crippen molar-refractivity contribution in [1.29, 1.82) is 0 Å². The first-order valence-corrected chi connectivity index (χ1v) is 13.3. The molecule has 1 fully saturated rings. The molecule has 0 atom stereocenters. The van der Waals surface area contributed by atoms with E-state index in [-0.39, 0.29) is 11.5 Å². The molecule has 2 N–H and O–H groups in total. The van der Waals surface area contributed by atoms with Crippen LogP contribution in [0.1, 0.15) is 50.7 Å². The monoisotopic (exact) mass is 522 g/mol. The fourth-order valence-corrected chi connectivity index (χ4v) is 5.22. The number of benzene rings is 3. The molecule has 0 saturated heterocycles. The summed E-state index contributed by atoms with van der Waals surface area (Å²) in [6.07, 6.45) is 4.47. The predicted molar refractivity (Wildman–Crippen MR) is 157 cm³/mol. The summed E-state index contributed by atoms with van der Waals surface area (Å²) in [7, 11) is 5.88. The number of rotatable bonds is 6. The highest BCUT2D eigenvalue weighted by Crippen LogP contribution is 2.39. The van der Waals surface area contributed by atoms with Crippen LogP contribution in [0.25, 0.3) is 32.6 Å². The van der Waals surface area contributed by atoms with Crippen molar-refractivity contribution in [3.63, 3.8) is 0 Å². The maximum atomic E-state index is 12.8. The number of nitrogens with one attached hydrogen (secondary N) is 1. The molecule has 0 unspecified atom stereocenters. The fourth-order valence-electron chi connectivity index (χ4n) is 5.22. The van der Waals surface area contributed by atoms with Crippen LogP contribution in [0, 0.1) is 6.92 Å². The van der Waals surface area contributed by atoms with Crippen LogP contribution >= 0.6 is 0 Å². The van der Waals surface area contributed by atoms with Gasteiger partial charge in [0.05, 0.1) is 11.1 Å². The molecule has 1 aliphatic rings. The van der Waals surface area contributed by atoms with E-state index in [1.54, 1.807) is 18.3 Å². The predicted octanol–water partition coefficient (Wildman–Crippen LogP) is 5.74. The zero-order chi connectivity index (χ0) is 27.7. The Hall–Kier alpha value is -4.23. The first kappa shape index (κ1) is 26.4. The number of pyridine rings is 1. The number of hydrogen-bond donors (Lipinski definition) is 2. The van der Waals surface area contributed by atoms with Crippen molar-refractivity contribution in [1.82, 2.24) is 19.8 Å². The molecule has 0 radical (unpaired) electrons. The molecule has 0 bridgehead atoms. The Morgan fingerprint density at radius 1 is 1.00 bits per heavy atom. The lowest BCUT2D eigenvalue weighted by Gasteiger charge is -2.12. The summed E-state index contributed by atoms with van der Waals surface area (Å²) in [6.45, 7) is 3.29. The number of aromatic nitrogens is 2. The van der Waals surface area contributed by atoms with E-state index in [1.165, 1.54) is 18.4 Å². The minimum atomic E-state index is -0.964. The third-order valence-corrected chi connectivity index (χ3v) is 7.43. The number of carboxylic acid groups (broad SMARTS) is 1. The molecule has 0 spiro atoms. The number of aryl methyl sites for hydroxylation is 2. The van der Waals surface area contributed by atoms with Gasteiger partial charge in [-0.1, -0.05) is 30.3 Å². The van der Waals surface area contributed by atoms with E-state index in [2.05, 4.69) is 45.2 Å². The molecule has 2 heterocycles. The molecule has 39 heavy (non-hydrogen) atoms. The Kier molecular flexibility index (Phi) is 7.35. The molecule has 5 aromatic rings. The van der Waals surface area contributed by atoms with Crippen molar-refractivity contribution in [3.05, 3.63) is 89.2 Å². The van der Waals surface area contributed by atoms with E-state index in [0.29, 0.717) is 12.2 Å². The van der Waals surface area contributed by atoms with E-state index in [1.807, 2.05) is 51.2 Å². The quantitative estimate of drug-likeness (QED) is 0.297. The van der Waals surface area contributed by atoms with Gasteiger partial charge >= 0.3 is 5.97 Å². The average molecular weight is 523 g/mol. The molecule has 2 aromatic heterocycles. The first-order chi connectivity index (χ1) is 18.8. The molecule has 200 valence electrons. The van der Waals surface area contributed by atoms with Crippen molar-refractivity contribution in [2.45, 2.75) is 25.7 Å². The van der Waals surface area contributed by atoms with Gasteiger partial charge in [-0.15, -0.1) is 0 Å². The number of hydrogen-bond acceptors (Lipinski definition) is 4. The van der Waals surface area contributed by atoms with Crippen molar-refractivity contribution < 1.29 is 14.7 Å². The van der Waals surface area contributed by atoms with Crippen molar-refractivity contribution in [3.8, 4) is 0 Å². The molecule has 0 aliphatic heterocycles. The molecular weight excluding hydrogens is 488 g/mol. The van der Waals surface area contributed by atoms with E-state index >= 15 is 0 Å². The lowest BCUT2D eigenvalue weighted by Crippen LogP contribution is -2.31. The summed E-state index contributed by atoms with van der Waals surface area (Å²) in [6, 6.07) is 19.8. The lowest BCUT2D eigenvalue weighted by atomic mass is 9.99. The summed E-state index contributed by atoms with van der Waals surface area (Å²) in [5.41, 5.74) is 5.13. The van der Waals surface area contributed by atoms with Crippen LogP contribution in [0.3, 0.4) is 0 Å². The van der Waals surface area contributed by atoms with Crippen molar-refractivity contribution in [2.24, 2.45) is 7.05 Å². The SMILES string of the molecule is Cc1c2ccnc(C(=O)NCCN(C)C)c2cc2c3cc(C(=O)O)ccc3n(C)c12.c1ccc(C2CC2)cc1. The summed E-state index contributed by atoms with van der Waals surface area (Å²) >= 11 is 0. The number of fused-ring (bicyclic) bond motifs is 4. The topological polar surface area (TPSA) is 87.5 Å². The summed E-state index contributed by atoms with van der Waals surface area (Å²) < 4.78 is 2.07. The van der Waals surface area contributed by atoms with Gasteiger partial charge in [0.15, 0.2) is 0 Å². The third-order valence-electron chi connectivity index (χ3n) is 7.43. The molecule has 1 amide bonds. The standard InChI is InChI=1S/C23H24N4O3.C9H10/c1-13-15-7-8-24-20(22(28)25-9-10-26(2)3)17(15)12-18-16-11-14(23(29)30)5-6-19(16)27(4)21(13)18;1-2-4-8(5-3-1)9-6-7-9/h5-8,11-12H,9-10H2,1-4H3,(H,25,28)(H,29,30);1-5,9H,6-7H2. The van der Waals surface area contributed by atoms with Crippen LogP contribution in [0.4, 0.5) is 0 Å². The highest BCUT2D eigenvalue weighted by atomic mass is 16.4. The average Bonchev–Trinajstić information content (AvgIpc) is 3.74. The molecule has 7 nitrogen and oxygen atoms in total. The number of likely N-dealkylation sites (N-methyl/N-ethyl adjacent to an activating group) is 1. The fraction of sp³-hybridized carbons (Fsp3) is 0.281. The Morgan fingerprint density at radius 2 is 1.74 bits per heavy atom. The highest BCUT2D eigenvalue weighted by molar-refractivity contribution is 6.18. The van der Waals surface area contributed by atoms with Gasteiger partial charge in [-0.25, -0.2) is 4.79 Å². The number of carboxylic acids is 1. The Bertz CT molecular complexity index is 1680. The maximum Gasteiger partial charge on any atom is 0.335 e. The van der Waals surface area contributed by atoms with Crippen molar-refractivity contribution >= 4 is 44.5 Å². The summed E-state index contributed by atoms with van der Waals surface area (Å²) in [5, 5.41) is 15.8. The summed E-state index contributed by atoms with van der Waals surface area (Å²) in [5.74, 6) is -0.270. The van der Waals surface area contributed by atoms with Gasteiger partial charge in [0.2, 0.25) is 0 Å². The Morgan fingerprint density at radius 3 is 2.41 bits per heavy atom. The van der Waals surface area contributed by atoms with E-state index in [0.717, 1.165) is 50.6 Å². The number of aromatic carboxylic acids is 1. The van der Waals surface area contributed by atoms with Crippen LogP contribution in [-0.4, -0.2) is 58.6 Å². The van der Waals surface area contributed by atoms with Gasteiger partial charge in [-0.3, -0.25) is 9.78 Å². The van der Waals surface area contributed by atoms with Gasteiger partial charge < -0.3 is 19.9 Å². The van der Waals surface area contributed by atoms with E-state index in [4.69, 9.17) is 0 Å². The van der Waals surface area contributed by atoms with Gasteiger partial charge in [0.25, 0.3) is 5.91 Å². The van der Waals surface area contributed by atoms with Crippen LogP contribution in [0.5, 0.6) is 0 Å². The smallest absolute Gasteiger partial charge is 0.335 e. The molecule has 1 saturated carbocycles. The van der Waals surface area contributed by atoms with Gasteiger partial charge in [-0.05, 0) is 86.6 Å². The molecular formula is C32H34N4O3.